The van der Waals surface area contributed by atoms with Crippen LogP contribution in [-0.4, -0.2) is 30.8 Å². The van der Waals surface area contributed by atoms with Gasteiger partial charge in [-0.1, -0.05) is 6.07 Å². The van der Waals surface area contributed by atoms with Crippen LogP contribution in [0.5, 0.6) is 0 Å². The molecule has 0 atom stereocenters. The Morgan fingerprint density at radius 2 is 2.10 bits per heavy atom. The third kappa shape index (κ3) is 3.42. The molecule has 2 rings (SSSR count). The fourth-order valence-corrected chi connectivity index (χ4v) is 4.56. The molecule has 0 aromatic carbocycles. The molecule has 7 heteroatoms. The Morgan fingerprint density at radius 3 is 2.67 bits per heavy atom. The van der Waals surface area contributed by atoms with E-state index in [4.69, 9.17) is 0 Å². The minimum atomic E-state index is -3.60. The first-order chi connectivity index (χ1) is 9.96. The number of thiophene rings is 1. The van der Waals surface area contributed by atoms with Gasteiger partial charge in [0.1, 0.15) is 10.7 Å². The molecule has 0 saturated carbocycles. The number of pyridine rings is 1. The van der Waals surface area contributed by atoms with Crippen LogP contribution in [0.15, 0.2) is 40.7 Å². The molecule has 0 amide bonds. The van der Waals surface area contributed by atoms with Gasteiger partial charge in [0, 0.05) is 30.7 Å². The first-order valence-electron chi connectivity index (χ1n) is 6.64. The van der Waals surface area contributed by atoms with E-state index in [0.29, 0.717) is 12.4 Å². The van der Waals surface area contributed by atoms with E-state index in [1.165, 1.54) is 4.31 Å². The van der Waals surface area contributed by atoms with Gasteiger partial charge in [-0.15, -0.1) is 11.3 Å². The second-order valence-electron chi connectivity index (χ2n) is 4.82. The van der Waals surface area contributed by atoms with E-state index >= 15 is 0 Å². The minimum Gasteiger partial charge on any atom is -0.372 e. The van der Waals surface area contributed by atoms with Crippen LogP contribution in [-0.2, 0) is 16.6 Å². The van der Waals surface area contributed by atoms with Crippen molar-refractivity contribution in [3.05, 3.63) is 40.7 Å². The molecule has 0 saturated heterocycles. The number of nitrogens with one attached hydrogen (secondary N) is 1. The molecule has 2 aromatic heterocycles. The predicted molar refractivity (Wildman–Crippen MR) is 86.0 cm³/mol. The Balaban J connectivity index is 2.42. The molecule has 1 N–H and O–H groups in total. The van der Waals surface area contributed by atoms with E-state index in [-0.39, 0.29) is 10.9 Å². The van der Waals surface area contributed by atoms with Gasteiger partial charge in [-0.2, -0.15) is 4.31 Å². The topological polar surface area (TPSA) is 62.3 Å². The lowest BCUT2D eigenvalue weighted by Crippen LogP contribution is -2.36. The van der Waals surface area contributed by atoms with E-state index in [1.54, 1.807) is 36.7 Å². The molecule has 0 aliphatic heterocycles. The quantitative estimate of drug-likeness (QED) is 0.887. The van der Waals surface area contributed by atoms with Gasteiger partial charge in [0.05, 0.1) is 0 Å². The lowest BCUT2D eigenvalue weighted by atomic mass is 10.4. The third-order valence-electron chi connectivity index (χ3n) is 3.06. The third-order valence-corrected chi connectivity index (χ3v) is 5.98. The number of hydrogen-bond acceptors (Lipinski definition) is 5. The molecule has 0 aliphatic rings. The minimum absolute atomic E-state index is 0.137. The van der Waals surface area contributed by atoms with Crippen LogP contribution in [0.25, 0.3) is 0 Å². The van der Waals surface area contributed by atoms with Gasteiger partial charge < -0.3 is 5.32 Å². The van der Waals surface area contributed by atoms with Crippen molar-refractivity contribution in [2.45, 2.75) is 31.3 Å². The Labute approximate surface area is 129 Å². The summed E-state index contributed by atoms with van der Waals surface area (Å²) in [5, 5.41) is 4.79. The van der Waals surface area contributed by atoms with Crippen molar-refractivity contribution >= 4 is 27.2 Å². The van der Waals surface area contributed by atoms with Crippen molar-refractivity contribution in [2.75, 3.05) is 12.4 Å². The molecule has 0 bridgehead atoms. The smallest absolute Gasteiger partial charge is 0.247 e. The number of rotatable bonds is 6. The first-order valence-corrected chi connectivity index (χ1v) is 8.95. The zero-order valence-electron chi connectivity index (χ0n) is 12.3. The molecule has 0 spiro atoms. The average molecular weight is 325 g/mol. The average Bonchev–Trinajstić information content (AvgIpc) is 2.97. The van der Waals surface area contributed by atoms with Crippen LogP contribution < -0.4 is 5.32 Å². The van der Waals surface area contributed by atoms with Crippen molar-refractivity contribution in [1.29, 1.82) is 0 Å². The normalized spacial score (nSPS) is 12.0. The second kappa shape index (κ2) is 6.55. The Bertz CT molecular complexity index is 682. The molecule has 0 radical (unpaired) electrons. The molecular formula is C14H19N3O2S2. The van der Waals surface area contributed by atoms with Gasteiger partial charge in [-0.05, 0) is 37.4 Å². The van der Waals surface area contributed by atoms with Crippen LogP contribution in [0.4, 0.5) is 5.82 Å². The second-order valence-corrected chi connectivity index (χ2v) is 7.71. The van der Waals surface area contributed by atoms with Crippen LogP contribution in [0.2, 0.25) is 0 Å². The van der Waals surface area contributed by atoms with Crippen LogP contribution in [0, 0.1) is 0 Å². The maximum Gasteiger partial charge on any atom is 0.247 e. The zero-order valence-corrected chi connectivity index (χ0v) is 13.9. The highest BCUT2D eigenvalue weighted by molar-refractivity contribution is 7.89. The SMILES string of the molecule is CNc1ncccc1S(=O)(=O)N(Cc1cccs1)C(C)C. The Hall–Kier alpha value is -1.44. The highest BCUT2D eigenvalue weighted by Gasteiger charge is 2.29. The summed E-state index contributed by atoms with van der Waals surface area (Å²) in [7, 11) is -1.94. The fourth-order valence-electron chi connectivity index (χ4n) is 2.01. The molecule has 0 unspecified atom stereocenters. The molecule has 0 fully saturated rings. The first kappa shape index (κ1) is 15.9. The number of nitrogens with zero attached hydrogens (tertiary/aromatic N) is 2. The van der Waals surface area contributed by atoms with Crippen LogP contribution in [0.1, 0.15) is 18.7 Å². The molecular weight excluding hydrogens is 306 g/mol. The molecule has 0 aliphatic carbocycles. The Morgan fingerprint density at radius 1 is 1.33 bits per heavy atom. The van der Waals surface area contributed by atoms with Gasteiger partial charge in [0.2, 0.25) is 10.0 Å². The fraction of sp³-hybridized carbons (Fsp3) is 0.357. The standard InChI is InChI=1S/C14H19N3O2S2/c1-11(2)17(10-12-6-5-9-20-12)21(18,19)13-7-4-8-16-14(13)15-3/h4-9,11H,10H2,1-3H3,(H,15,16). The summed E-state index contributed by atoms with van der Waals surface area (Å²) in [5.41, 5.74) is 0. The van der Waals surface area contributed by atoms with E-state index in [0.717, 1.165) is 4.88 Å². The molecule has 2 heterocycles. The maximum atomic E-state index is 12.9. The molecule has 114 valence electrons. The Kier molecular flexibility index (Phi) is 4.97. The van der Waals surface area contributed by atoms with Crippen molar-refractivity contribution in [3.8, 4) is 0 Å². The van der Waals surface area contributed by atoms with Crippen LogP contribution in [0.3, 0.4) is 0 Å². The van der Waals surface area contributed by atoms with E-state index in [9.17, 15) is 8.42 Å². The van der Waals surface area contributed by atoms with E-state index in [2.05, 4.69) is 10.3 Å². The maximum absolute atomic E-state index is 12.9. The van der Waals surface area contributed by atoms with Crippen molar-refractivity contribution in [1.82, 2.24) is 9.29 Å². The summed E-state index contributed by atoms with van der Waals surface area (Å²) in [6, 6.07) is 6.95. The molecule has 5 nitrogen and oxygen atoms in total. The zero-order chi connectivity index (χ0) is 15.5. The summed E-state index contributed by atoms with van der Waals surface area (Å²) < 4.78 is 27.4. The number of aromatic nitrogens is 1. The van der Waals surface area contributed by atoms with Gasteiger partial charge in [0.25, 0.3) is 0 Å². The largest absolute Gasteiger partial charge is 0.372 e. The lowest BCUT2D eigenvalue weighted by molar-refractivity contribution is 0.350. The molecule has 2 aromatic rings. The lowest BCUT2D eigenvalue weighted by Gasteiger charge is -2.26. The highest BCUT2D eigenvalue weighted by atomic mass is 32.2. The highest BCUT2D eigenvalue weighted by Crippen LogP contribution is 2.26. The van der Waals surface area contributed by atoms with Gasteiger partial charge in [-0.3, -0.25) is 0 Å². The van der Waals surface area contributed by atoms with E-state index < -0.39 is 10.0 Å². The summed E-state index contributed by atoms with van der Waals surface area (Å²) in [6.45, 7) is 4.12. The predicted octanol–water partition coefficient (Wildman–Crippen LogP) is 2.78. The van der Waals surface area contributed by atoms with Gasteiger partial charge in [-0.25, -0.2) is 13.4 Å². The van der Waals surface area contributed by atoms with Crippen molar-refractivity contribution in [2.24, 2.45) is 0 Å². The van der Waals surface area contributed by atoms with Crippen molar-refractivity contribution < 1.29 is 8.42 Å². The molecule has 21 heavy (non-hydrogen) atoms. The summed E-state index contributed by atoms with van der Waals surface area (Å²) in [6.07, 6.45) is 1.57. The number of anilines is 1. The van der Waals surface area contributed by atoms with Crippen LogP contribution >= 0.6 is 11.3 Å². The van der Waals surface area contributed by atoms with E-state index in [1.807, 2.05) is 31.4 Å². The summed E-state index contributed by atoms with van der Waals surface area (Å²) >= 11 is 1.55. The van der Waals surface area contributed by atoms with Gasteiger partial charge >= 0.3 is 0 Å². The number of sulfonamides is 1. The summed E-state index contributed by atoms with van der Waals surface area (Å²) in [4.78, 5) is 5.31. The monoisotopic (exact) mass is 325 g/mol. The van der Waals surface area contributed by atoms with Gasteiger partial charge in [0.15, 0.2) is 0 Å². The van der Waals surface area contributed by atoms with Crippen molar-refractivity contribution in [3.63, 3.8) is 0 Å². The summed E-state index contributed by atoms with van der Waals surface area (Å²) in [5.74, 6) is 0.370. The number of hydrogen-bond donors (Lipinski definition) is 1.